The van der Waals surface area contributed by atoms with Crippen LogP contribution in [0.3, 0.4) is 0 Å². The molecule has 0 amide bonds. The molecule has 3 aromatic carbocycles. The van der Waals surface area contributed by atoms with Crippen molar-refractivity contribution in [3.63, 3.8) is 0 Å². The van der Waals surface area contributed by atoms with E-state index in [-0.39, 0.29) is 12.4 Å². The maximum absolute atomic E-state index is 11.7. The number of fused-ring (bicyclic) bond motifs is 1. The van der Waals surface area contributed by atoms with Gasteiger partial charge in [-0.3, -0.25) is 0 Å². The van der Waals surface area contributed by atoms with Crippen LogP contribution in [0.15, 0.2) is 70.5 Å². The maximum Gasteiger partial charge on any atom is 0.513 e. The number of phenolic OH excluding ortho intramolecular Hbond substituents is 1. The maximum atomic E-state index is 11.7. The van der Waals surface area contributed by atoms with E-state index in [1.165, 1.54) is 11.8 Å². The number of ether oxygens (including phenoxy) is 2. The summed E-state index contributed by atoms with van der Waals surface area (Å²) in [6.45, 7) is 1.95. The van der Waals surface area contributed by atoms with E-state index in [2.05, 4.69) is 0 Å². The lowest BCUT2D eigenvalue weighted by atomic mass is 10.1. The van der Waals surface area contributed by atoms with Crippen molar-refractivity contribution in [2.75, 3.05) is 6.61 Å². The number of aromatic hydroxyl groups is 1. The third kappa shape index (κ3) is 3.46. The van der Waals surface area contributed by atoms with Gasteiger partial charge in [0, 0.05) is 15.7 Å². The minimum atomic E-state index is -0.760. The lowest BCUT2D eigenvalue weighted by molar-refractivity contribution is 0.104. The molecule has 0 fully saturated rings. The van der Waals surface area contributed by atoms with E-state index in [1.807, 2.05) is 42.5 Å². The Morgan fingerprint density at radius 2 is 1.71 bits per heavy atom. The Balaban J connectivity index is 2.06. The van der Waals surface area contributed by atoms with Crippen LogP contribution in [0.4, 0.5) is 4.79 Å². The first-order chi connectivity index (χ1) is 11.7. The smallest absolute Gasteiger partial charge is 0.506 e. The lowest BCUT2D eigenvalue weighted by Crippen LogP contribution is -2.10. The topological polar surface area (TPSA) is 55.8 Å². The van der Waals surface area contributed by atoms with Crippen LogP contribution in [-0.4, -0.2) is 17.9 Å². The number of hydrogen-bond donors (Lipinski definition) is 1. The highest BCUT2D eigenvalue weighted by molar-refractivity contribution is 7.99. The molecule has 3 aromatic rings. The molecule has 0 aliphatic heterocycles. The number of phenols is 1. The molecule has 24 heavy (non-hydrogen) atoms. The van der Waals surface area contributed by atoms with Gasteiger partial charge in [0.15, 0.2) is 0 Å². The van der Waals surface area contributed by atoms with Gasteiger partial charge < -0.3 is 14.6 Å². The largest absolute Gasteiger partial charge is 0.513 e. The number of carbonyl (C=O) groups excluding carboxylic acids is 1. The molecule has 122 valence electrons. The van der Waals surface area contributed by atoms with Crippen LogP contribution in [-0.2, 0) is 4.74 Å². The predicted molar refractivity (Wildman–Crippen MR) is 93.8 cm³/mol. The summed E-state index contributed by atoms with van der Waals surface area (Å²) in [5.41, 5.74) is 0. The highest BCUT2D eigenvalue weighted by Gasteiger charge is 2.16. The molecule has 0 saturated heterocycles. The molecule has 3 rings (SSSR count). The van der Waals surface area contributed by atoms with Gasteiger partial charge in [-0.1, -0.05) is 54.2 Å². The van der Waals surface area contributed by atoms with Crippen molar-refractivity contribution in [3.05, 3.63) is 60.7 Å². The SMILES string of the molecule is CCOC(=O)Oc1cc(Sc2ccccc2)c(O)c2ccccc12. The summed E-state index contributed by atoms with van der Waals surface area (Å²) in [6, 6.07) is 18.6. The van der Waals surface area contributed by atoms with Crippen molar-refractivity contribution < 1.29 is 19.4 Å². The second kappa shape index (κ2) is 7.27. The van der Waals surface area contributed by atoms with Gasteiger partial charge in [0.05, 0.1) is 11.5 Å². The molecule has 0 aliphatic rings. The molecule has 0 heterocycles. The molecule has 0 saturated carbocycles. The van der Waals surface area contributed by atoms with Crippen molar-refractivity contribution >= 4 is 28.7 Å². The van der Waals surface area contributed by atoms with Gasteiger partial charge in [0.25, 0.3) is 0 Å². The Kier molecular flexibility index (Phi) is 4.91. The first kappa shape index (κ1) is 16.2. The van der Waals surface area contributed by atoms with Crippen LogP contribution in [0.5, 0.6) is 11.5 Å². The van der Waals surface area contributed by atoms with Gasteiger partial charge in [-0.2, -0.15) is 0 Å². The van der Waals surface area contributed by atoms with Gasteiger partial charge in [0.2, 0.25) is 0 Å². The van der Waals surface area contributed by atoms with Gasteiger partial charge in [-0.25, -0.2) is 4.79 Å². The Labute approximate surface area is 144 Å². The molecular weight excluding hydrogens is 324 g/mol. The standard InChI is InChI=1S/C19H16O4S/c1-2-22-19(21)23-16-12-17(24-13-8-4-3-5-9-13)18(20)15-11-7-6-10-14(15)16/h3-12,20H,2H2,1H3. The van der Waals surface area contributed by atoms with E-state index in [1.54, 1.807) is 25.1 Å². The summed E-state index contributed by atoms with van der Waals surface area (Å²) < 4.78 is 10.2. The van der Waals surface area contributed by atoms with Gasteiger partial charge in [-0.05, 0) is 25.1 Å². The normalized spacial score (nSPS) is 10.5. The van der Waals surface area contributed by atoms with Gasteiger partial charge in [-0.15, -0.1) is 0 Å². The number of benzene rings is 3. The average molecular weight is 340 g/mol. The Hall–Kier alpha value is -2.66. The molecule has 0 bridgehead atoms. The predicted octanol–water partition coefficient (Wildman–Crippen LogP) is 5.23. The lowest BCUT2D eigenvalue weighted by Gasteiger charge is -2.12. The molecule has 0 atom stereocenters. The van der Waals surface area contributed by atoms with Crippen LogP contribution in [0.1, 0.15) is 6.92 Å². The minimum Gasteiger partial charge on any atom is -0.506 e. The van der Waals surface area contributed by atoms with Gasteiger partial charge >= 0.3 is 6.16 Å². The summed E-state index contributed by atoms with van der Waals surface area (Å²) >= 11 is 1.40. The zero-order chi connectivity index (χ0) is 16.9. The third-order valence-corrected chi connectivity index (χ3v) is 4.41. The van der Waals surface area contributed by atoms with Gasteiger partial charge in [0.1, 0.15) is 11.5 Å². The van der Waals surface area contributed by atoms with Crippen molar-refractivity contribution in [1.29, 1.82) is 0 Å². The molecule has 1 N–H and O–H groups in total. The van der Waals surface area contributed by atoms with Crippen LogP contribution in [0, 0.1) is 0 Å². The van der Waals surface area contributed by atoms with E-state index >= 15 is 0 Å². The van der Waals surface area contributed by atoms with E-state index in [0.717, 1.165) is 4.90 Å². The molecule has 0 spiro atoms. The second-order valence-electron chi connectivity index (χ2n) is 4.97. The highest BCUT2D eigenvalue weighted by atomic mass is 32.2. The number of rotatable bonds is 4. The van der Waals surface area contributed by atoms with Crippen molar-refractivity contribution in [2.45, 2.75) is 16.7 Å². The summed E-state index contributed by atoms with van der Waals surface area (Å²) in [6.07, 6.45) is -0.760. The summed E-state index contributed by atoms with van der Waals surface area (Å²) in [4.78, 5) is 13.3. The van der Waals surface area contributed by atoms with E-state index in [0.29, 0.717) is 21.4 Å². The summed E-state index contributed by atoms with van der Waals surface area (Å²) in [5.74, 6) is 0.524. The molecule has 4 nitrogen and oxygen atoms in total. The van der Waals surface area contributed by atoms with Crippen LogP contribution < -0.4 is 4.74 Å². The van der Waals surface area contributed by atoms with Crippen LogP contribution in [0.2, 0.25) is 0 Å². The fourth-order valence-corrected chi connectivity index (χ4v) is 3.24. The first-order valence-corrected chi connectivity index (χ1v) is 8.33. The van der Waals surface area contributed by atoms with E-state index in [9.17, 15) is 9.90 Å². The average Bonchev–Trinajstić information content (AvgIpc) is 2.60. The number of hydrogen-bond acceptors (Lipinski definition) is 5. The molecule has 0 radical (unpaired) electrons. The fraction of sp³-hybridized carbons (Fsp3) is 0.105. The Morgan fingerprint density at radius 1 is 1.04 bits per heavy atom. The molecule has 5 heteroatoms. The van der Waals surface area contributed by atoms with Crippen molar-refractivity contribution in [2.24, 2.45) is 0 Å². The van der Waals surface area contributed by atoms with Crippen LogP contribution in [0.25, 0.3) is 10.8 Å². The fourth-order valence-electron chi connectivity index (χ4n) is 2.32. The summed E-state index contributed by atoms with van der Waals surface area (Å²) in [5, 5.41) is 11.9. The minimum absolute atomic E-state index is 0.163. The molecule has 0 aromatic heterocycles. The zero-order valence-electron chi connectivity index (χ0n) is 13.1. The van der Waals surface area contributed by atoms with Crippen LogP contribution >= 0.6 is 11.8 Å². The third-order valence-electron chi connectivity index (χ3n) is 3.37. The zero-order valence-corrected chi connectivity index (χ0v) is 13.9. The molecule has 0 aliphatic carbocycles. The highest BCUT2D eigenvalue weighted by Crippen LogP contribution is 2.43. The number of carbonyl (C=O) groups is 1. The first-order valence-electron chi connectivity index (χ1n) is 7.51. The van der Waals surface area contributed by atoms with Crippen molar-refractivity contribution in [1.82, 2.24) is 0 Å². The van der Waals surface area contributed by atoms with E-state index in [4.69, 9.17) is 9.47 Å². The van der Waals surface area contributed by atoms with Crippen molar-refractivity contribution in [3.8, 4) is 11.5 Å². The second-order valence-corrected chi connectivity index (χ2v) is 6.08. The monoisotopic (exact) mass is 340 g/mol. The summed E-state index contributed by atoms with van der Waals surface area (Å²) in [7, 11) is 0. The Morgan fingerprint density at radius 3 is 2.42 bits per heavy atom. The molecule has 0 unspecified atom stereocenters. The quantitative estimate of drug-likeness (QED) is 0.520. The molecular formula is C19H16O4S. The Bertz CT molecular complexity index is 862. The van der Waals surface area contributed by atoms with E-state index < -0.39 is 6.16 Å².